The van der Waals surface area contributed by atoms with Crippen molar-refractivity contribution in [3.05, 3.63) is 146 Å². The molecular formula is C45H47BN18O11. The minimum Gasteiger partial charge on any atom is -0.436 e. The molecule has 0 atom stereocenters. The fraction of sp³-hybridized carbons (Fsp3) is 0.133. The normalized spacial score (nSPS) is 10.1. The minimum absolute atomic E-state index is 0. The molecular weight excluding hydrogens is 979 g/mol. The highest BCUT2D eigenvalue weighted by molar-refractivity contribution is 6.31. The van der Waals surface area contributed by atoms with Gasteiger partial charge in [0.25, 0.3) is 0 Å². The predicted octanol–water partition coefficient (Wildman–Crippen LogP) is 4.40. The average Bonchev–Trinajstić information content (AvgIpc) is 4.32. The van der Waals surface area contributed by atoms with Gasteiger partial charge in [-0.3, -0.25) is 24.2 Å². The molecule has 0 saturated heterocycles. The molecule has 0 fully saturated rings. The number of methoxy groups -OCH3 is 1. The fourth-order valence-electron chi connectivity index (χ4n) is 5.85. The van der Waals surface area contributed by atoms with E-state index in [-0.39, 0.29) is 22.1 Å². The van der Waals surface area contributed by atoms with Gasteiger partial charge in [0.15, 0.2) is 0 Å². The molecule has 0 unspecified atom stereocenters. The first kappa shape index (κ1) is 53.7. The van der Waals surface area contributed by atoms with Gasteiger partial charge < -0.3 is 15.1 Å². The molecule has 0 amide bonds. The highest BCUT2D eigenvalue weighted by Gasteiger charge is 2.17. The van der Waals surface area contributed by atoms with Crippen molar-refractivity contribution in [3.63, 3.8) is 0 Å². The molecule has 0 radical (unpaired) electrons. The molecule has 12 rings (SSSR count). The summed E-state index contributed by atoms with van der Waals surface area (Å²) in [6.07, 6.45) is -2.85. The Bertz CT molecular complexity index is 3450. The summed E-state index contributed by atoms with van der Waals surface area (Å²) in [5.41, 5.74) is 7.16. The Hall–Kier alpha value is -10.6. The zero-order valence-corrected chi connectivity index (χ0v) is 38.6. The summed E-state index contributed by atoms with van der Waals surface area (Å²) in [5, 5.41) is 60.8. The van der Waals surface area contributed by atoms with Crippen molar-refractivity contribution in [1.82, 2.24) is 90.9 Å². The van der Waals surface area contributed by atoms with Crippen LogP contribution >= 0.6 is 0 Å². The third-order valence-electron chi connectivity index (χ3n) is 8.91. The first-order chi connectivity index (χ1) is 36.0. The zero-order chi connectivity index (χ0) is 52.4. The molecule has 6 aromatic carbocycles. The number of hydrogen-bond acceptors (Lipinski definition) is 23. The van der Waals surface area contributed by atoms with Gasteiger partial charge in [0.05, 0.1) is 7.11 Å². The van der Waals surface area contributed by atoms with Gasteiger partial charge >= 0.3 is 18.5 Å². The van der Waals surface area contributed by atoms with Gasteiger partial charge in [0, 0.05) is 7.11 Å². The Morgan fingerprint density at radius 2 is 0.600 bits per heavy atom. The third-order valence-corrected chi connectivity index (χ3v) is 8.91. The molecule has 2 N–H and O–H groups in total. The second-order valence-corrected chi connectivity index (χ2v) is 13.7. The zero-order valence-electron chi connectivity index (χ0n) is 39.6. The molecule has 6 heterocycles. The van der Waals surface area contributed by atoms with E-state index in [1.807, 2.05) is 31.8 Å². The van der Waals surface area contributed by atoms with E-state index < -0.39 is 18.5 Å². The van der Waals surface area contributed by atoms with E-state index in [2.05, 4.69) is 66.6 Å². The summed E-state index contributed by atoms with van der Waals surface area (Å²) >= 11 is 0. The van der Waals surface area contributed by atoms with Gasteiger partial charge in [0.2, 0.25) is 0 Å². The van der Waals surface area contributed by atoms with E-state index in [4.69, 9.17) is 35.8 Å². The van der Waals surface area contributed by atoms with Crippen LogP contribution in [0, 0.1) is 0 Å². The number of ether oxygens (including phenoxy) is 1. The Balaban J connectivity index is 0.000000185. The number of carbonyl (C=O) groups is 3. The molecule has 29 nitrogen and oxygen atoms in total. The number of rotatable bonds is 5. The maximum absolute atomic E-state index is 11.8. The van der Waals surface area contributed by atoms with E-state index in [0.717, 1.165) is 36.2 Å². The van der Waals surface area contributed by atoms with Crippen LogP contribution in [-0.2, 0) is 4.74 Å². The Labute approximate surface area is 425 Å². The fourth-order valence-corrected chi connectivity index (χ4v) is 5.85. The van der Waals surface area contributed by atoms with Gasteiger partial charge in [-0.15, -0.1) is 30.6 Å². The number of carbonyl (C=O) groups excluding carboxylic acids is 3. The third kappa shape index (κ3) is 13.8. The topological polar surface area (TPSA) is 331 Å². The highest BCUT2D eigenvalue weighted by Crippen LogP contribution is 2.13. The summed E-state index contributed by atoms with van der Waals surface area (Å²) in [6, 6.07) is 42.5. The van der Waals surface area contributed by atoms with Gasteiger partial charge in [-0.2, -0.15) is 9.59 Å². The second-order valence-electron chi connectivity index (χ2n) is 13.7. The van der Waals surface area contributed by atoms with Crippen LogP contribution in [0.2, 0.25) is 13.6 Å². The van der Waals surface area contributed by atoms with Gasteiger partial charge in [-0.05, 0) is 105 Å². The molecule has 75 heavy (non-hydrogen) atoms. The maximum Gasteiger partial charge on any atom is 0.562 e. The summed E-state index contributed by atoms with van der Waals surface area (Å²) in [5.74, 6) is 0. The Morgan fingerprint density at radius 3 is 0.840 bits per heavy atom. The summed E-state index contributed by atoms with van der Waals surface area (Å²) < 4.78 is 10.9. The molecule has 0 bridgehead atoms. The van der Waals surface area contributed by atoms with Crippen LogP contribution in [0.1, 0.15) is 14.9 Å². The van der Waals surface area contributed by atoms with E-state index in [1.54, 1.807) is 127 Å². The van der Waals surface area contributed by atoms with Gasteiger partial charge in [-0.25, -0.2) is 4.79 Å². The van der Waals surface area contributed by atoms with Crippen molar-refractivity contribution < 1.29 is 53.6 Å². The molecule has 12 aromatic rings. The second kappa shape index (κ2) is 27.1. The van der Waals surface area contributed by atoms with Crippen molar-refractivity contribution in [2.24, 2.45) is 0 Å². The molecule has 0 aliphatic rings. The number of aliphatic hydroxyl groups excluding tert-OH is 1. The first-order valence-corrected chi connectivity index (χ1v) is 21.0. The monoisotopic (exact) mass is 1030 g/mol. The molecule has 30 heteroatoms. The largest absolute Gasteiger partial charge is 0.562 e. The lowest BCUT2D eigenvalue weighted by atomic mass is 9.88. The van der Waals surface area contributed by atoms with Crippen molar-refractivity contribution in [2.45, 2.75) is 28.5 Å². The molecule has 6 aromatic heterocycles. The minimum atomic E-state index is -1.01. The summed E-state index contributed by atoms with van der Waals surface area (Å²) in [6.45, 7) is 3.67. The lowest BCUT2D eigenvalue weighted by Crippen LogP contribution is -2.30. The standard InChI is InChI=1S/2C13H8N6O3.C8H7N3O3.C6H5N3O.C2H7B.CH4O.2CH4/c2*20-13(21-18-11-7-3-1-5-9(11)14-16-18)22-19-12-8-4-2-6-10(12)15-17-19;1-13-8(12)14-11-7-5-3-2-4-6(7)9-10-11;10-9-6-4-2-1-3-5(6)7-8-9;1-3-2;1-2;;/h2*1-8H;2-5H,1H3;1-4,10H;3H,1-2H3;2H,1H3;2*1H4/i;;;;3T;;;. The quantitative estimate of drug-likeness (QED) is 0.104. The Kier molecular flexibility index (Phi) is 19.4. The van der Waals surface area contributed by atoms with E-state index in [1.165, 1.54) is 7.11 Å². The smallest absolute Gasteiger partial charge is 0.436 e. The highest BCUT2D eigenvalue weighted by atomic mass is 16.9. The van der Waals surface area contributed by atoms with Crippen LogP contribution in [0.4, 0.5) is 14.4 Å². The lowest BCUT2D eigenvalue weighted by molar-refractivity contribution is 0.0254. The van der Waals surface area contributed by atoms with Gasteiger partial charge in [-0.1, -0.05) is 130 Å². The molecule has 0 aliphatic heterocycles. The predicted molar refractivity (Wildman–Crippen MR) is 269 cm³/mol. The maximum atomic E-state index is 11.8. The van der Waals surface area contributed by atoms with Crippen LogP contribution in [-0.4, -0.2) is 143 Å². The number of aliphatic hydroxyl groups is 1. The van der Waals surface area contributed by atoms with E-state index >= 15 is 0 Å². The van der Waals surface area contributed by atoms with Crippen LogP contribution in [0.5, 0.6) is 0 Å². The first-order valence-electron chi connectivity index (χ1n) is 21.6. The molecule has 0 saturated carbocycles. The molecule has 386 valence electrons. The van der Waals surface area contributed by atoms with Crippen molar-refractivity contribution >= 4 is 91.9 Å². The number of aromatic nitrogens is 18. The van der Waals surface area contributed by atoms with Crippen molar-refractivity contribution in [2.75, 3.05) is 14.2 Å². The summed E-state index contributed by atoms with van der Waals surface area (Å²) in [7, 11) is 2.31. The number of nitrogens with zero attached hydrogens (tertiary/aromatic N) is 18. The number of fused-ring (bicyclic) bond motifs is 6. The van der Waals surface area contributed by atoms with E-state index in [0.29, 0.717) is 66.2 Å². The van der Waals surface area contributed by atoms with Crippen LogP contribution in [0.15, 0.2) is 146 Å². The van der Waals surface area contributed by atoms with Gasteiger partial charge in [0.1, 0.15) is 73.4 Å². The van der Waals surface area contributed by atoms with Crippen LogP contribution in [0.25, 0.3) is 66.2 Å². The number of para-hydroxylation sites is 6. The summed E-state index contributed by atoms with van der Waals surface area (Å²) in [4.78, 5) is 64.8. The molecule has 0 spiro atoms. The van der Waals surface area contributed by atoms with Crippen LogP contribution in [0.3, 0.4) is 0 Å². The van der Waals surface area contributed by atoms with E-state index in [9.17, 15) is 14.4 Å². The van der Waals surface area contributed by atoms with Crippen molar-refractivity contribution in [1.29, 1.82) is 1.34 Å². The molecule has 0 aliphatic carbocycles. The van der Waals surface area contributed by atoms with Crippen molar-refractivity contribution in [3.8, 4) is 0 Å². The Morgan fingerprint density at radius 1 is 0.400 bits per heavy atom. The average molecular weight is 1030 g/mol. The lowest BCUT2D eigenvalue weighted by Gasteiger charge is -2.03. The number of hydrogen-bond donors (Lipinski definition) is 2. The van der Waals surface area contributed by atoms with Crippen LogP contribution < -0.4 is 24.2 Å². The SMILES string of the molecule is C.C.CO.COC(=O)On1nnc2ccccc21.O=C(On1nnc2ccccc21)On1nnc2ccccc21.O=C(On1nnc2ccccc21)On1nnc2ccccc21.On1nnc2ccccc21.[3H]B(C)C. The number of benzene rings is 6.